The quantitative estimate of drug-likeness (QED) is 0.507. The molecule has 4 amide bonds. The Hall–Kier alpha value is -1.39. The van der Waals surface area contributed by atoms with E-state index in [0.29, 0.717) is 6.42 Å². The highest BCUT2D eigenvalue weighted by atomic mass is 16.2. The number of hydrogen-bond donors (Lipinski definition) is 2. The Bertz CT molecular complexity index is 373. The van der Waals surface area contributed by atoms with Crippen molar-refractivity contribution in [1.82, 2.24) is 10.6 Å². The highest BCUT2D eigenvalue weighted by Gasteiger charge is 2.53. The van der Waals surface area contributed by atoms with Crippen LogP contribution in [0.3, 0.4) is 0 Å². The Labute approximate surface area is 127 Å². The Morgan fingerprint density at radius 1 is 0.905 bits per heavy atom. The van der Waals surface area contributed by atoms with Crippen LogP contribution in [0.25, 0.3) is 0 Å². The molecule has 0 aromatic rings. The first-order valence-electron chi connectivity index (χ1n) is 8.19. The average molecular weight is 296 g/mol. The number of barbiturate groups is 1. The Morgan fingerprint density at radius 3 is 1.95 bits per heavy atom. The highest BCUT2D eigenvalue weighted by Crippen LogP contribution is 2.40. The van der Waals surface area contributed by atoms with Crippen molar-refractivity contribution in [3.05, 3.63) is 0 Å². The van der Waals surface area contributed by atoms with Gasteiger partial charge in [0.15, 0.2) is 0 Å². The first-order valence-corrected chi connectivity index (χ1v) is 8.19. The summed E-state index contributed by atoms with van der Waals surface area (Å²) in [6.45, 7) is 6.18. The molecule has 1 atom stereocenters. The molecule has 5 heteroatoms. The van der Waals surface area contributed by atoms with Crippen LogP contribution < -0.4 is 10.6 Å². The maximum atomic E-state index is 12.5. The zero-order valence-electron chi connectivity index (χ0n) is 13.5. The first kappa shape index (κ1) is 17.7. The summed E-state index contributed by atoms with van der Waals surface area (Å²) in [7, 11) is 0. The number of unbranched alkanes of at least 4 members (excludes halogenated alkanes) is 3. The molecule has 2 N–H and O–H groups in total. The van der Waals surface area contributed by atoms with Gasteiger partial charge in [0.05, 0.1) is 0 Å². The summed E-state index contributed by atoms with van der Waals surface area (Å²) in [5.41, 5.74) is -1.08. The van der Waals surface area contributed by atoms with Crippen LogP contribution in [0.2, 0.25) is 0 Å². The zero-order chi connectivity index (χ0) is 15.9. The summed E-state index contributed by atoms with van der Waals surface area (Å²) in [5.74, 6) is -0.829. The smallest absolute Gasteiger partial charge is 0.277 e. The van der Waals surface area contributed by atoms with E-state index < -0.39 is 23.3 Å². The second-order valence-electron chi connectivity index (χ2n) is 5.91. The number of hydrogen-bond acceptors (Lipinski definition) is 3. The van der Waals surface area contributed by atoms with Gasteiger partial charge in [0.25, 0.3) is 0 Å². The third kappa shape index (κ3) is 3.83. The molecule has 5 nitrogen and oxygen atoms in total. The van der Waals surface area contributed by atoms with Gasteiger partial charge >= 0.3 is 6.03 Å². The molecule has 0 radical (unpaired) electrons. The van der Waals surface area contributed by atoms with E-state index in [1.54, 1.807) is 0 Å². The van der Waals surface area contributed by atoms with E-state index in [1.807, 2.05) is 13.8 Å². The van der Waals surface area contributed by atoms with Crippen molar-refractivity contribution >= 4 is 17.8 Å². The fourth-order valence-corrected chi connectivity index (χ4v) is 3.26. The van der Waals surface area contributed by atoms with Gasteiger partial charge in [-0.1, -0.05) is 59.3 Å². The number of carbonyl (C=O) groups is 3. The summed E-state index contributed by atoms with van der Waals surface area (Å²) in [6.07, 6.45) is 7.07. The van der Waals surface area contributed by atoms with Crippen LogP contribution in [0.15, 0.2) is 0 Å². The van der Waals surface area contributed by atoms with E-state index in [0.717, 1.165) is 44.9 Å². The van der Waals surface area contributed by atoms with Crippen molar-refractivity contribution in [1.29, 1.82) is 0 Å². The average Bonchev–Trinajstić information content (AvgIpc) is 2.44. The number of imide groups is 2. The van der Waals surface area contributed by atoms with Crippen molar-refractivity contribution in [2.24, 2.45) is 11.3 Å². The number of carbonyl (C=O) groups excluding carboxylic acids is 3. The van der Waals surface area contributed by atoms with E-state index in [4.69, 9.17) is 0 Å². The Kier molecular flexibility index (Phi) is 6.85. The summed E-state index contributed by atoms with van der Waals surface area (Å²) in [4.78, 5) is 36.3. The van der Waals surface area contributed by atoms with Gasteiger partial charge in [0.2, 0.25) is 11.8 Å². The topological polar surface area (TPSA) is 75.3 Å². The summed E-state index contributed by atoms with van der Waals surface area (Å²) in [6, 6.07) is -0.694. The van der Waals surface area contributed by atoms with Gasteiger partial charge in [0, 0.05) is 0 Å². The summed E-state index contributed by atoms with van der Waals surface area (Å²) >= 11 is 0. The van der Waals surface area contributed by atoms with Crippen LogP contribution in [-0.2, 0) is 9.59 Å². The van der Waals surface area contributed by atoms with Crippen molar-refractivity contribution in [3.8, 4) is 0 Å². The van der Waals surface area contributed by atoms with Gasteiger partial charge in [-0.3, -0.25) is 20.2 Å². The lowest BCUT2D eigenvalue weighted by molar-refractivity contribution is -0.149. The molecule has 0 bridgehead atoms. The van der Waals surface area contributed by atoms with E-state index in [1.165, 1.54) is 0 Å². The maximum Gasteiger partial charge on any atom is 0.328 e. The minimum atomic E-state index is -1.08. The number of urea groups is 1. The second kappa shape index (κ2) is 8.15. The fraction of sp³-hybridized carbons (Fsp3) is 0.812. The molecule has 0 spiro atoms. The molecule has 1 fully saturated rings. The molecule has 0 saturated carbocycles. The van der Waals surface area contributed by atoms with Gasteiger partial charge in [-0.05, 0) is 18.8 Å². The summed E-state index contributed by atoms with van der Waals surface area (Å²) < 4.78 is 0. The molecule has 1 aliphatic rings. The monoisotopic (exact) mass is 296 g/mol. The third-order valence-electron chi connectivity index (χ3n) is 4.54. The van der Waals surface area contributed by atoms with Crippen LogP contribution in [0.5, 0.6) is 0 Å². The van der Waals surface area contributed by atoms with Crippen LogP contribution in [0.1, 0.15) is 72.1 Å². The maximum absolute atomic E-state index is 12.5. The molecule has 0 aliphatic carbocycles. The lowest BCUT2D eigenvalue weighted by Crippen LogP contribution is -2.64. The van der Waals surface area contributed by atoms with E-state index in [9.17, 15) is 14.4 Å². The van der Waals surface area contributed by atoms with Crippen LogP contribution in [-0.4, -0.2) is 17.8 Å². The standard InChI is InChI=1S/C16H28N2O3/c1-4-7-9-10-12(6-3)16(11-8-5-2)13(19)17-15(21)18-14(16)20/h12H,4-11H2,1-3H3,(H2,17,18,19,20,21). The van der Waals surface area contributed by atoms with E-state index >= 15 is 0 Å². The van der Waals surface area contributed by atoms with Crippen LogP contribution in [0.4, 0.5) is 4.79 Å². The lowest BCUT2D eigenvalue weighted by Gasteiger charge is -2.40. The van der Waals surface area contributed by atoms with Crippen LogP contribution >= 0.6 is 0 Å². The van der Waals surface area contributed by atoms with E-state index in [2.05, 4.69) is 17.6 Å². The third-order valence-corrected chi connectivity index (χ3v) is 4.54. The lowest BCUT2D eigenvalue weighted by atomic mass is 9.66. The Morgan fingerprint density at radius 2 is 1.48 bits per heavy atom. The molecule has 21 heavy (non-hydrogen) atoms. The largest absolute Gasteiger partial charge is 0.328 e. The highest BCUT2D eigenvalue weighted by molar-refractivity contribution is 6.19. The van der Waals surface area contributed by atoms with Gasteiger partial charge in [-0.25, -0.2) is 4.79 Å². The molecular formula is C16H28N2O3. The molecule has 1 unspecified atom stereocenters. The molecule has 1 rings (SSSR count). The normalized spacial score (nSPS) is 19.1. The van der Waals surface area contributed by atoms with Gasteiger partial charge < -0.3 is 0 Å². The zero-order valence-corrected chi connectivity index (χ0v) is 13.5. The van der Waals surface area contributed by atoms with E-state index in [-0.39, 0.29) is 5.92 Å². The second-order valence-corrected chi connectivity index (χ2v) is 5.91. The van der Waals surface area contributed by atoms with Gasteiger partial charge in [-0.15, -0.1) is 0 Å². The molecule has 120 valence electrons. The van der Waals surface area contributed by atoms with Crippen molar-refractivity contribution in [3.63, 3.8) is 0 Å². The van der Waals surface area contributed by atoms with Gasteiger partial charge in [-0.2, -0.15) is 0 Å². The molecule has 1 aliphatic heterocycles. The molecule has 0 aromatic heterocycles. The fourth-order valence-electron chi connectivity index (χ4n) is 3.26. The minimum Gasteiger partial charge on any atom is -0.277 e. The SMILES string of the molecule is CCCCCC(CC)C1(CCCC)C(=O)NC(=O)NC1=O. The molecule has 1 heterocycles. The Balaban J connectivity index is 3.02. The van der Waals surface area contributed by atoms with Crippen molar-refractivity contribution < 1.29 is 14.4 Å². The molecule has 1 saturated heterocycles. The summed E-state index contributed by atoms with van der Waals surface area (Å²) in [5, 5.41) is 4.61. The van der Waals surface area contributed by atoms with Crippen LogP contribution in [0, 0.1) is 11.3 Å². The number of nitrogens with one attached hydrogen (secondary N) is 2. The molecular weight excluding hydrogens is 268 g/mol. The number of rotatable bonds is 9. The van der Waals surface area contributed by atoms with Gasteiger partial charge in [0.1, 0.15) is 5.41 Å². The van der Waals surface area contributed by atoms with Crippen molar-refractivity contribution in [2.45, 2.75) is 72.1 Å². The predicted molar refractivity (Wildman–Crippen MR) is 81.6 cm³/mol. The first-order chi connectivity index (χ1) is 10.0. The van der Waals surface area contributed by atoms with Crippen molar-refractivity contribution in [2.75, 3.05) is 0 Å². The minimum absolute atomic E-state index is 0.0105. The predicted octanol–water partition coefficient (Wildman–Crippen LogP) is 3.14. The molecule has 0 aromatic carbocycles. The number of amides is 4.